The van der Waals surface area contributed by atoms with Gasteiger partial charge in [-0.25, -0.2) is 4.39 Å². The van der Waals surface area contributed by atoms with Crippen LogP contribution in [0.15, 0.2) is 22.7 Å². The molecule has 1 unspecified atom stereocenters. The third-order valence-electron chi connectivity index (χ3n) is 1.81. The van der Waals surface area contributed by atoms with Crippen molar-refractivity contribution in [2.75, 3.05) is 13.7 Å². The first kappa shape index (κ1) is 10.6. The predicted octanol–water partition coefficient (Wildman–Crippen LogP) is 2.23. The Morgan fingerprint density at radius 3 is 2.77 bits per heavy atom. The van der Waals surface area contributed by atoms with Crippen LogP contribution in [0.4, 0.5) is 4.39 Å². The van der Waals surface area contributed by atoms with Crippen molar-refractivity contribution in [2.24, 2.45) is 5.73 Å². The van der Waals surface area contributed by atoms with Gasteiger partial charge in [-0.15, -0.1) is 0 Å². The molecule has 0 radical (unpaired) electrons. The van der Waals surface area contributed by atoms with E-state index in [0.29, 0.717) is 11.0 Å². The normalized spacial score (nSPS) is 12.9. The van der Waals surface area contributed by atoms with E-state index in [-0.39, 0.29) is 11.9 Å². The van der Waals surface area contributed by atoms with E-state index in [1.165, 1.54) is 12.1 Å². The largest absolute Gasteiger partial charge is 0.375 e. The van der Waals surface area contributed by atoms with Crippen molar-refractivity contribution in [1.29, 1.82) is 0 Å². The van der Waals surface area contributed by atoms with Crippen LogP contribution in [-0.2, 0) is 4.74 Å². The molecule has 1 aromatic rings. The molecule has 0 spiro atoms. The minimum Gasteiger partial charge on any atom is -0.375 e. The van der Waals surface area contributed by atoms with Crippen LogP contribution in [0.25, 0.3) is 0 Å². The van der Waals surface area contributed by atoms with Crippen LogP contribution in [0.5, 0.6) is 0 Å². The van der Waals surface area contributed by atoms with Gasteiger partial charge in [-0.1, -0.05) is 22.0 Å². The van der Waals surface area contributed by atoms with Gasteiger partial charge in [0.25, 0.3) is 0 Å². The van der Waals surface area contributed by atoms with Crippen LogP contribution in [0, 0.1) is 5.82 Å². The lowest BCUT2D eigenvalue weighted by Gasteiger charge is -2.14. The topological polar surface area (TPSA) is 35.2 Å². The molecule has 1 rings (SSSR count). The average Bonchev–Trinajstić information content (AvgIpc) is 2.10. The number of methoxy groups -OCH3 is 1. The highest BCUT2D eigenvalue weighted by atomic mass is 79.9. The molecule has 0 saturated carbocycles. The highest BCUT2D eigenvalue weighted by Gasteiger charge is 2.11. The summed E-state index contributed by atoms with van der Waals surface area (Å²) in [6, 6.07) is 4.46. The van der Waals surface area contributed by atoms with Crippen LogP contribution < -0.4 is 5.73 Å². The van der Waals surface area contributed by atoms with Crippen LogP contribution in [-0.4, -0.2) is 13.7 Å². The molecule has 0 fully saturated rings. The number of hydrogen-bond acceptors (Lipinski definition) is 2. The van der Waals surface area contributed by atoms with Gasteiger partial charge in [-0.05, 0) is 17.7 Å². The Hall–Kier alpha value is -0.450. The lowest BCUT2D eigenvalue weighted by Crippen LogP contribution is -2.14. The first-order valence-corrected chi connectivity index (χ1v) is 4.66. The zero-order chi connectivity index (χ0) is 9.84. The second-order valence-corrected chi connectivity index (χ2v) is 3.48. The van der Waals surface area contributed by atoms with Crippen molar-refractivity contribution in [2.45, 2.75) is 6.10 Å². The standard InChI is InChI=1S/C9H11BrFNO/c1-13-9(5-12)7-3-2-6(11)4-8(7)10/h2-4,9H,5,12H2,1H3. The Labute approximate surface area is 85.0 Å². The van der Waals surface area contributed by atoms with Crippen molar-refractivity contribution in [3.8, 4) is 0 Å². The maximum atomic E-state index is 12.7. The van der Waals surface area contributed by atoms with Crippen LogP contribution >= 0.6 is 15.9 Å². The molecule has 13 heavy (non-hydrogen) atoms. The van der Waals surface area contributed by atoms with Gasteiger partial charge in [0.05, 0.1) is 6.10 Å². The molecule has 0 amide bonds. The van der Waals surface area contributed by atoms with Gasteiger partial charge in [-0.2, -0.15) is 0 Å². The fourth-order valence-corrected chi connectivity index (χ4v) is 1.72. The number of hydrogen-bond donors (Lipinski definition) is 1. The molecule has 0 aliphatic carbocycles. The summed E-state index contributed by atoms with van der Waals surface area (Å²) >= 11 is 3.25. The van der Waals surface area contributed by atoms with Crippen molar-refractivity contribution < 1.29 is 9.13 Å². The van der Waals surface area contributed by atoms with Gasteiger partial charge >= 0.3 is 0 Å². The molecule has 0 aromatic heterocycles. The summed E-state index contributed by atoms with van der Waals surface area (Å²) in [6.07, 6.45) is -0.185. The van der Waals surface area contributed by atoms with Gasteiger partial charge in [0.15, 0.2) is 0 Å². The number of halogens is 2. The number of rotatable bonds is 3. The van der Waals surface area contributed by atoms with Gasteiger partial charge in [0.1, 0.15) is 5.82 Å². The molecule has 0 aliphatic rings. The molecule has 1 atom stereocenters. The third kappa shape index (κ3) is 2.49. The number of benzene rings is 1. The van der Waals surface area contributed by atoms with E-state index in [2.05, 4.69) is 15.9 Å². The smallest absolute Gasteiger partial charge is 0.124 e. The SMILES string of the molecule is COC(CN)c1ccc(F)cc1Br. The summed E-state index contributed by atoms with van der Waals surface area (Å²) in [7, 11) is 1.58. The van der Waals surface area contributed by atoms with Crippen LogP contribution in [0.1, 0.15) is 11.7 Å². The minimum absolute atomic E-state index is 0.185. The van der Waals surface area contributed by atoms with Crippen molar-refractivity contribution in [3.63, 3.8) is 0 Å². The van der Waals surface area contributed by atoms with Crippen molar-refractivity contribution >= 4 is 15.9 Å². The lowest BCUT2D eigenvalue weighted by atomic mass is 10.1. The molecular weight excluding hydrogens is 237 g/mol. The van der Waals surface area contributed by atoms with Gasteiger partial charge in [-0.3, -0.25) is 0 Å². The molecule has 1 aromatic carbocycles. The average molecular weight is 248 g/mol. The Morgan fingerprint density at radius 1 is 1.62 bits per heavy atom. The Balaban J connectivity index is 2.99. The Morgan fingerprint density at radius 2 is 2.31 bits per heavy atom. The maximum Gasteiger partial charge on any atom is 0.124 e. The van der Waals surface area contributed by atoms with E-state index in [1.54, 1.807) is 13.2 Å². The fourth-order valence-electron chi connectivity index (χ4n) is 1.11. The van der Waals surface area contributed by atoms with E-state index in [0.717, 1.165) is 5.56 Å². The molecule has 0 saturated heterocycles. The van der Waals surface area contributed by atoms with E-state index >= 15 is 0 Å². The Bertz CT molecular complexity index is 289. The van der Waals surface area contributed by atoms with E-state index in [9.17, 15) is 4.39 Å². The van der Waals surface area contributed by atoms with E-state index in [1.807, 2.05) is 0 Å². The molecule has 0 bridgehead atoms. The number of nitrogens with two attached hydrogens (primary N) is 1. The van der Waals surface area contributed by atoms with Gasteiger partial charge < -0.3 is 10.5 Å². The summed E-state index contributed by atoms with van der Waals surface area (Å²) in [5.74, 6) is -0.275. The summed E-state index contributed by atoms with van der Waals surface area (Å²) < 4.78 is 18.5. The highest BCUT2D eigenvalue weighted by Crippen LogP contribution is 2.25. The fraction of sp³-hybridized carbons (Fsp3) is 0.333. The lowest BCUT2D eigenvalue weighted by molar-refractivity contribution is 0.110. The van der Waals surface area contributed by atoms with Crippen molar-refractivity contribution in [3.05, 3.63) is 34.1 Å². The van der Waals surface area contributed by atoms with Crippen LogP contribution in [0.2, 0.25) is 0 Å². The molecule has 0 heterocycles. The van der Waals surface area contributed by atoms with Gasteiger partial charge in [0.2, 0.25) is 0 Å². The third-order valence-corrected chi connectivity index (χ3v) is 2.49. The Kier molecular flexibility index (Phi) is 3.84. The first-order valence-electron chi connectivity index (χ1n) is 3.87. The zero-order valence-electron chi connectivity index (χ0n) is 7.26. The second-order valence-electron chi connectivity index (χ2n) is 2.63. The summed E-state index contributed by atoms with van der Waals surface area (Å²) in [5.41, 5.74) is 6.35. The van der Waals surface area contributed by atoms with E-state index < -0.39 is 0 Å². The van der Waals surface area contributed by atoms with Gasteiger partial charge in [0, 0.05) is 18.1 Å². The summed E-state index contributed by atoms with van der Waals surface area (Å²) in [6.45, 7) is 0.376. The maximum absolute atomic E-state index is 12.7. The minimum atomic E-state index is -0.275. The summed E-state index contributed by atoms with van der Waals surface area (Å²) in [5, 5.41) is 0. The molecule has 2 N–H and O–H groups in total. The predicted molar refractivity (Wildman–Crippen MR) is 52.9 cm³/mol. The first-order chi connectivity index (χ1) is 6.19. The van der Waals surface area contributed by atoms with E-state index in [4.69, 9.17) is 10.5 Å². The quantitative estimate of drug-likeness (QED) is 0.890. The van der Waals surface area contributed by atoms with Crippen LogP contribution in [0.3, 0.4) is 0 Å². The molecule has 4 heteroatoms. The monoisotopic (exact) mass is 247 g/mol. The summed E-state index contributed by atoms with van der Waals surface area (Å²) in [4.78, 5) is 0. The van der Waals surface area contributed by atoms with Crippen molar-refractivity contribution in [1.82, 2.24) is 0 Å². The zero-order valence-corrected chi connectivity index (χ0v) is 8.84. The number of ether oxygens (including phenoxy) is 1. The molecule has 72 valence electrons. The molecule has 0 aliphatic heterocycles. The molecular formula is C9H11BrFNO. The highest BCUT2D eigenvalue weighted by molar-refractivity contribution is 9.10. The molecule has 2 nitrogen and oxygen atoms in total. The second kappa shape index (κ2) is 4.69.